The second kappa shape index (κ2) is 8.78. The van der Waals surface area contributed by atoms with E-state index in [1.54, 1.807) is 6.92 Å². The van der Waals surface area contributed by atoms with Crippen molar-refractivity contribution in [2.24, 2.45) is 5.92 Å². The number of hydrogen-bond donors (Lipinski definition) is 1. The maximum atomic E-state index is 12.5. The summed E-state index contributed by atoms with van der Waals surface area (Å²) in [6, 6.07) is 5.76. The Morgan fingerprint density at radius 2 is 2.07 bits per heavy atom. The average molecular weight is 402 g/mol. The highest BCUT2D eigenvalue weighted by Crippen LogP contribution is 2.40. The molecular weight excluding hydrogens is 374 g/mol. The number of anilines is 1. The molecule has 1 aromatic carbocycles. The Bertz CT molecular complexity index is 887. The molecule has 5 nitrogen and oxygen atoms in total. The maximum Gasteiger partial charge on any atom is 0.341 e. The van der Waals surface area contributed by atoms with Crippen LogP contribution >= 0.6 is 11.3 Å². The SMILES string of the molecule is CCOC(=O)c1c(NC(=O)COc2cccc(C)c2C)sc2c1CCC(C)C2. The zero-order chi connectivity index (χ0) is 20.3. The molecule has 1 atom stereocenters. The smallest absolute Gasteiger partial charge is 0.341 e. The Morgan fingerprint density at radius 3 is 2.82 bits per heavy atom. The quantitative estimate of drug-likeness (QED) is 0.714. The van der Waals surface area contributed by atoms with E-state index in [4.69, 9.17) is 9.47 Å². The number of ether oxygens (including phenoxy) is 2. The van der Waals surface area contributed by atoms with Crippen LogP contribution in [0.15, 0.2) is 18.2 Å². The van der Waals surface area contributed by atoms with Gasteiger partial charge in [0.15, 0.2) is 6.61 Å². The van der Waals surface area contributed by atoms with Crippen molar-refractivity contribution >= 4 is 28.2 Å². The first-order chi connectivity index (χ1) is 13.4. The Balaban J connectivity index is 1.76. The van der Waals surface area contributed by atoms with E-state index in [0.29, 0.717) is 28.8 Å². The van der Waals surface area contributed by atoms with Crippen molar-refractivity contribution in [1.82, 2.24) is 0 Å². The van der Waals surface area contributed by atoms with Crippen LogP contribution in [-0.2, 0) is 22.4 Å². The van der Waals surface area contributed by atoms with Crippen molar-refractivity contribution in [1.29, 1.82) is 0 Å². The Hall–Kier alpha value is -2.34. The number of esters is 1. The van der Waals surface area contributed by atoms with Crippen molar-refractivity contribution in [3.8, 4) is 5.75 Å². The molecule has 1 unspecified atom stereocenters. The zero-order valence-corrected chi connectivity index (χ0v) is 17.7. The summed E-state index contributed by atoms with van der Waals surface area (Å²) < 4.78 is 10.9. The van der Waals surface area contributed by atoms with Crippen LogP contribution in [0.3, 0.4) is 0 Å². The van der Waals surface area contributed by atoms with Gasteiger partial charge in [-0.15, -0.1) is 11.3 Å². The summed E-state index contributed by atoms with van der Waals surface area (Å²) in [6.45, 7) is 8.17. The van der Waals surface area contributed by atoms with E-state index in [1.807, 2.05) is 32.0 Å². The lowest BCUT2D eigenvalue weighted by atomic mass is 9.88. The van der Waals surface area contributed by atoms with Crippen molar-refractivity contribution in [3.05, 3.63) is 45.3 Å². The molecule has 150 valence electrons. The summed E-state index contributed by atoms with van der Waals surface area (Å²) in [4.78, 5) is 26.2. The first kappa shape index (κ1) is 20.4. The van der Waals surface area contributed by atoms with E-state index in [1.165, 1.54) is 16.2 Å². The fourth-order valence-corrected chi connectivity index (χ4v) is 4.86. The average Bonchev–Trinajstić information content (AvgIpc) is 2.99. The lowest BCUT2D eigenvalue weighted by Crippen LogP contribution is -2.21. The van der Waals surface area contributed by atoms with Gasteiger partial charge in [-0.2, -0.15) is 0 Å². The monoisotopic (exact) mass is 401 g/mol. The Kier molecular flexibility index (Phi) is 6.39. The number of hydrogen-bond acceptors (Lipinski definition) is 5. The highest BCUT2D eigenvalue weighted by atomic mass is 32.1. The predicted octanol–water partition coefficient (Wildman–Crippen LogP) is 4.68. The molecule has 28 heavy (non-hydrogen) atoms. The van der Waals surface area contributed by atoms with Gasteiger partial charge in [0.1, 0.15) is 10.8 Å². The second-order valence-electron chi connectivity index (χ2n) is 7.31. The molecule has 0 bridgehead atoms. The van der Waals surface area contributed by atoms with Gasteiger partial charge in [0.25, 0.3) is 5.91 Å². The second-order valence-corrected chi connectivity index (χ2v) is 8.42. The zero-order valence-electron chi connectivity index (χ0n) is 16.9. The third-order valence-electron chi connectivity index (χ3n) is 5.16. The molecule has 2 aromatic rings. The number of rotatable bonds is 6. The third-order valence-corrected chi connectivity index (χ3v) is 6.33. The van der Waals surface area contributed by atoms with Crippen LogP contribution < -0.4 is 10.1 Å². The summed E-state index contributed by atoms with van der Waals surface area (Å²) in [7, 11) is 0. The number of amides is 1. The van der Waals surface area contributed by atoms with Gasteiger partial charge in [-0.3, -0.25) is 4.79 Å². The van der Waals surface area contributed by atoms with Gasteiger partial charge in [-0.1, -0.05) is 19.1 Å². The number of carbonyl (C=O) groups is 2. The van der Waals surface area contributed by atoms with E-state index in [9.17, 15) is 9.59 Å². The molecule has 1 aliphatic carbocycles. The Labute approximate surface area is 170 Å². The van der Waals surface area contributed by atoms with E-state index in [2.05, 4.69) is 12.2 Å². The lowest BCUT2D eigenvalue weighted by Gasteiger charge is -2.18. The first-order valence-corrected chi connectivity index (χ1v) is 10.5. The largest absolute Gasteiger partial charge is 0.483 e. The molecule has 6 heteroatoms. The van der Waals surface area contributed by atoms with Gasteiger partial charge in [-0.05, 0) is 68.7 Å². The van der Waals surface area contributed by atoms with Crippen LogP contribution in [-0.4, -0.2) is 25.1 Å². The minimum absolute atomic E-state index is 0.106. The highest BCUT2D eigenvalue weighted by molar-refractivity contribution is 7.17. The molecule has 1 heterocycles. The Morgan fingerprint density at radius 1 is 1.29 bits per heavy atom. The third kappa shape index (κ3) is 4.38. The van der Waals surface area contributed by atoms with E-state index < -0.39 is 0 Å². The maximum absolute atomic E-state index is 12.5. The van der Waals surface area contributed by atoms with Crippen LogP contribution in [0.25, 0.3) is 0 Å². The summed E-state index contributed by atoms with van der Waals surface area (Å²) >= 11 is 1.49. The molecule has 0 saturated heterocycles. The number of aryl methyl sites for hydroxylation is 1. The minimum Gasteiger partial charge on any atom is -0.483 e. The van der Waals surface area contributed by atoms with Crippen LogP contribution in [0.1, 0.15) is 52.2 Å². The number of carbonyl (C=O) groups excluding carboxylic acids is 2. The molecule has 1 aromatic heterocycles. The normalized spacial score (nSPS) is 15.6. The molecule has 0 saturated carbocycles. The van der Waals surface area contributed by atoms with Gasteiger partial charge < -0.3 is 14.8 Å². The molecule has 3 rings (SSSR count). The molecule has 1 amide bonds. The summed E-state index contributed by atoms with van der Waals surface area (Å²) in [5, 5.41) is 3.46. The van der Waals surface area contributed by atoms with E-state index in [0.717, 1.165) is 36.0 Å². The molecule has 0 spiro atoms. The van der Waals surface area contributed by atoms with Crippen molar-refractivity contribution in [2.75, 3.05) is 18.5 Å². The fourth-order valence-electron chi connectivity index (χ4n) is 3.44. The topological polar surface area (TPSA) is 64.6 Å². The number of nitrogens with one attached hydrogen (secondary N) is 1. The van der Waals surface area contributed by atoms with Crippen LogP contribution in [0.4, 0.5) is 5.00 Å². The van der Waals surface area contributed by atoms with E-state index >= 15 is 0 Å². The fraction of sp³-hybridized carbons (Fsp3) is 0.455. The molecule has 0 radical (unpaired) electrons. The number of fused-ring (bicyclic) bond motifs is 1. The lowest BCUT2D eigenvalue weighted by molar-refractivity contribution is -0.118. The minimum atomic E-state index is -0.361. The predicted molar refractivity (Wildman–Crippen MR) is 112 cm³/mol. The van der Waals surface area contributed by atoms with Crippen LogP contribution in [0.5, 0.6) is 5.75 Å². The van der Waals surface area contributed by atoms with Crippen LogP contribution in [0, 0.1) is 19.8 Å². The molecule has 1 N–H and O–H groups in total. The summed E-state index contributed by atoms with van der Waals surface area (Å²) in [5.41, 5.74) is 3.69. The first-order valence-electron chi connectivity index (χ1n) is 9.71. The molecular formula is C22H27NO4S. The van der Waals surface area contributed by atoms with Gasteiger partial charge in [0.05, 0.1) is 12.2 Å². The van der Waals surface area contributed by atoms with Crippen LogP contribution in [0.2, 0.25) is 0 Å². The highest BCUT2D eigenvalue weighted by Gasteiger charge is 2.29. The number of benzene rings is 1. The van der Waals surface area contributed by atoms with Gasteiger partial charge in [0, 0.05) is 4.88 Å². The van der Waals surface area contributed by atoms with Gasteiger partial charge >= 0.3 is 5.97 Å². The van der Waals surface area contributed by atoms with E-state index in [-0.39, 0.29) is 18.5 Å². The van der Waals surface area contributed by atoms with Gasteiger partial charge in [-0.25, -0.2) is 4.79 Å². The number of thiophene rings is 1. The van der Waals surface area contributed by atoms with Crippen molar-refractivity contribution in [2.45, 2.75) is 47.0 Å². The van der Waals surface area contributed by atoms with Crippen molar-refractivity contribution in [3.63, 3.8) is 0 Å². The summed E-state index contributed by atoms with van der Waals surface area (Å²) in [5.74, 6) is 0.635. The molecule has 1 aliphatic rings. The molecule has 0 fully saturated rings. The van der Waals surface area contributed by atoms with Crippen molar-refractivity contribution < 1.29 is 19.1 Å². The standard InChI is InChI=1S/C22H27NO4S/c1-5-26-22(25)20-16-10-9-13(2)11-18(16)28-21(20)23-19(24)12-27-17-8-6-7-14(3)15(17)4/h6-8,13H,5,9-12H2,1-4H3,(H,23,24). The van der Waals surface area contributed by atoms with Gasteiger partial charge in [0.2, 0.25) is 0 Å². The summed E-state index contributed by atoms with van der Waals surface area (Å²) in [6.07, 6.45) is 2.82. The molecule has 0 aliphatic heterocycles.